The number of carbonyl (C=O) groups excluding carboxylic acids is 14. The van der Waals surface area contributed by atoms with Gasteiger partial charge in [-0.15, -0.1) is 11.8 Å². The van der Waals surface area contributed by atoms with Crippen molar-refractivity contribution in [2.75, 3.05) is 96.8 Å². The molecule has 0 radical (unpaired) electrons. The van der Waals surface area contributed by atoms with Crippen LogP contribution >= 0.6 is 33.3 Å². The first-order valence-electron chi connectivity index (χ1n) is 25.9. The normalized spacial score (nSPS) is 15.7. The zero-order chi connectivity index (χ0) is 59.4. The van der Waals surface area contributed by atoms with E-state index in [9.17, 15) is 67.1 Å². The number of nitrogens with zero attached hydrogens (tertiary/aromatic N) is 2. The van der Waals surface area contributed by atoms with Gasteiger partial charge in [-0.05, 0) is 65.2 Å². The van der Waals surface area contributed by atoms with Gasteiger partial charge in [0, 0.05) is 82.6 Å². The number of Topliss-reactive ketones (excluding diaryl/α,β-unsaturated/α-hetero) is 6. The number of ether oxygens (including phenoxy) is 5. The first kappa shape index (κ1) is 68.5. The van der Waals surface area contributed by atoms with Crippen molar-refractivity contribution in [1.82, 2.24) is 20.4 Å². The highest BCUT2D eigenvalue weighted by Crippen LogP contribution is 2.65. The van der Waals surface area contributed by atoms with Crippen molar-refractivity contribution in [3.05, 3.63) is 29.8 Å². The maximum Gasteiger partial charge on any atom is 0.253 e. The van der Waals surface area contributed by atoms with E-state index >= 15 is 0 Å². The van der Waals surface area contributed by atoms with Crippen LogP contribution in [0.5, 0.6) is 0 Å². The lowest BCUT2D eigenvalue weighted by Crippen LogP contribution is -2.50. The molecule has 0 aliphatic carbocycles. The summed E-state index contributed by atoms with van der Waals surface area (Å²) < 4.78 is 25.2. The van der Waals surface area contributed by atoms with Gasteiger partial charge < -0.3 is 50.2 Å². The maximum absolute atomic E-state index is 12.8. The van der Waals surface area contributed by atoms with Crippen LogP contribution in [0.3, 0.4) is 0 Å². The van der Waals surface area contributed by atoms with Gasteiger partial charge in [0.05, 0.1) is 58.1 Å². The second-order valence-electron chi connectivity index (χ2n) is 18.3. The van der Waals surface area contributed by atoms with Crippen LogP contribution in [0.4, 0.5) is 5.69 Å². The zero-order valence-electron chi connectivity index (χ0n) is 45.7. The number of nitrogens with one attached hydrogen (secondary N) is 3. The number of thioether (sulfide) groups is 1. The smallest absolute Gasteiger partial charge is 0.253 e. The minimum atomic E-state index is -2.28. The number of aryl methyl sites for hydroxylation is 1. The Labute approximate surface area is 475 Å². The molecule has 0 bridgehead atoms. The summed E-state index contributed by atoms with van der Waals surface area (Å²) in [6.07, 6.45) is 0.863. The van der Waals surface area contributed by atoms with Gasteiger partial charge in [-0.25, -0.2) is 0 Å². The Bertz CT molecular complexity index is 2380. The first-order valence-corrected chi connectivity index (χ1v) is 29.1. The molecule has 0 spiro atoms. The van der Waals surface area contributed by atoms with Crippen molar-refractivity contribution in [3.8, 4) is 0 Å². The number of likely N-dealkylation sites (tertiary alicyclic amines) is 2. The van der Waals surface area contributed by atoms with E-state index in [4.69, 9.17) is 29.4 Å². The standard InChI is InChI=1S/C36H52N4O15S3.C16H20N2O4/c1-22(41)5-6-26(39-30(47)9-20-56-27-21-31(48)40(33(27)50)11-7-29(46)36(34(37)51)57-58-36)32(49)38-10-13-53-15-17-55-19-18-54-16-14-52-12-8-28(45)35(23(2)42,24(3)43)25(4)44;1-2-22-11-14(19)17-13-6-3-12(4-7-13)5-8-15(20)18-10-9-16(18)21/h26-27H,5-21H2,1-4H3,(H2,37,51)(H,38,49)(H,39,47);3-4,6-7H,2,5,8-11H2,1H3,(H,17,19). The number of amides is 8. The number of carbonyl (C=O) groups is 14. The number of primary amides is 1. The third kappa shape index (κ3) is 22.0. The van der Waals surface area contributed by atoms with Gasteiger partial charge in [0.15, 0.2) is 28.9 Å². The molecule has 2 unspecified atom stereocenters. The fourth-order valence-corrected chi connectivity index (χ4v) is 10.9. The highest BCUT2D eigenvalue weighted by molar-refractivity contribution is 8.94. The fourth-order valence-electron chi connectivity index (χ4n) is 7.85. The molecule has 28 heteroatoms. The average molecular weight is 1180 g/mol. The van der Waals surface area contributed by atoms with Gasteiger partial charge in [0.2, 0.25) is 50.8 Å². The molecule has 5 N–H and O–H groups in total. The Morgan fingerprint density at radius 3 is 1.84 bits per heavy atom. The van der Waals surface area contributed by atoms with E-state index in [-0.39, 0.29) is 140 Å². The molecule has 3 aliphatic rings. The summed E-state index contributed by atoms with van der Waals surface area (Å²) in [4.78, 5) is 171. The molecule has 8 amide bonds. The molecule has 80 heavy (non-hydrogen) atoms. The summed E-state index contributed by atoms with van der Waals surface area (Å²) in [6.45, 7) is 8.67. The van der Waals surface area contributed by atoms with E-state index in [0.717, 1.165) is 64.6 Å². The van der Waals surface area contributed by atoms with E-state index in [1.807, 2.05) is 19.1 Å². The maximum atomic E-state index is 12.8. The molecule has 3 aliphatic heterocycles. The molecule has 3 saturated heterocycles. The first-order chi connectivity index (χ1) is 38.0. The minimum Gasteiger partial charge on any atom is -0.379 e. The third-order valence-electron chi connectivity index (χ3n) is 12.4. The zero-order valence-corrected chi connectivity index (χ0v) is 48.1. The quantitative estimate of drug-likeness (QED) is 0.0177. The molecule has 1 aromatic carbocycles. The molecule has 0 saturated carbocycles. The van der Waals surface area contributed by atoms with Crippen molar-refractivity contribution in [2.24, 2.45) is 11.1 Å². The SMILES string of the molecule is CC(=O)CCC(NC(=O)CCSC1CC(=O)N(CCC(=O)C2(C(N)=O)SS2)C1=O)C(=O)NCCOCCOCCOCCOCCC(=O)C(C(C)=O)(C(C)=O)C(C)=O.CCOCC(=O)Nc1ccc(CCC(=O)N2CCC2=O)cc1. The Morgan fingerprint density at radius 2 is 1.32 bits per heavy atom. The number of hydrogen-bond donors (Lipinski definition) is 4. The van der Waals surface area contributed by atoms with Gasteiger partial charge in [-0.3, -0.25) is 72.1 Å². The van der Waals surface area contributed by atoms with Crippen LogP contribution in [0.1, 0.15) is 91.5 Å². The molecule has 1 aromatic rings. The second-order valence-corrected chi connectivity index (χ2v) is 22.4. The fraction of sp³-hybridized carbons (Fsp3) is 0.615. The topological polar surface area (TPSA) is 354 Å². The van der Waals surface area contributed by atoms with Crippen LogP contribution in [0.15, 0.2) is 24.3 Å². The molecule has 3 heterocycles. The van der Waals surface area contributed by atoms with Gasteiger partial charge in [-0.1, -0.05) is 33.7 Å². The average Bonchev–Trinajstić information content (AvgIpc) is 4.30. The van der Waals surface area contributed by atoms with Crippen LogP contribution in [0, 0.1) is 5.41 Å². The number of β-lactam (4-membered cyclic amide) rings is 1. The van der Waals surface area contributed by atoms with Crippen molar-refractivity contribution < 1.29 is 90.8 Å². The summed E-state index contributed by atoms with van der Waals surface area (Å²) in [5, 5.41) is 7.28. The minimum absolute atomic E-state index is 0.0383. The number of rotatable bonds is 40. The summed E-state index contributed by atoms with van der Waals surface area (Å²) in [6, 6.07) is 6.32. The van der Waals surface area contributed by atoms with Gasteiger partial charge >= 0.3 is 0 Å². The van der Waals surface area contributed by atoms with Crippen LogP contribution in [-0.4, -0.2) is 199 Å². The molecular weight excluding hydrogens is 1110 g/mol. The summed E-state index contributed by atoms with van der Waals surface area (Å²) >= 11 is 1.11. The molecular formula is C52H72N6O19S3. The van der Waals surface area contributed by atoms with Crippen molar-refractivity contribution in [1.29, 1.82) is 0 Å². The van der Waals surface area contributed by atoms with Crippen LogP contribution < -0.4 is 21.7 Å². The highest BCUT2D eigenvalue weighted by atomic mass is 33.2. The monoisotopic (exact) mass is 1180 g/mol. The predicted octanol–water partition coefficient (Wildman–Crippen LogP) is 0.875. The number of ketones is 6. The summed E-state index contributed by atoms with van der Waals surface area (Å²) in [5.74, 6) is -6.79. The van der Waals surface area contributed by atoms with E-state index in [2.05, 4.69) is 16.0 Å². The van der Waals surface area contributed by atoms with Gasteiger partial charge in [0.1, 0.15) is 18.4 Å². The number of imide groups is 2. The van der Waals surface area contributed by atoms with E-state index in [1.54, 1.807) is 12.1 Å². The van der Waals surface area contributed by atoms with Crippen molar-refractivity contribution in [2.45, 2.75) is 108 Å². The number of hydrogen-bond acceptors (Lipinski definition) is 22. The third-order valence-corrected chi connectivity index (χ3v) is 16.5. The van der Waals surface area contributed by atoms with Crippen LogP contribution in [-0.2, 0) is 97.2 Å². The molecule has 3 fully saturated rings. The largest absolute Gasteiger partial charge is 0.379 e. The van der Waals surface area contributed by atoms with Crippen molar-refractivity contribution >= 4 is 121 Å². The summed E-state index contributed by atoms with van der Waals surface area (Å²) in [7, 11) is 2.08. The van der Waals surface area contributed by atoms with Crippen molar-refractivity contribution in [3.63, 3.8) is 0 Å². The predicted molar refractivity (Wildman–Crippen MR) is 292 cm³/mol. The molecule has 4 rings (SSSR count). The summed E-state index contributed by atoms with van der Waals surface area (Å²) in [5.41, 5.74) is 4.68. The van der Waals surface area contributed by atoms with E-state index in [0.29, 0.717) is 38.1 Å². The van der Waals surface area contributed by atoms with Crippen LogP contribution in [0.2, 0.25) is 0 Å². The Morgan fingerprint density at radius 1 is 0.738 bits per heavy atom. The molecule has 0 aromatic heterocycles. The Hall–Kier alpha value is -5.75. The van der Waals surface area contributed by atoms with Crippen LogP contribution in [0.25, 0.3) is 0 Å². The molecule has 2 atom stereocenters. The number of anilines is 1. The highest BCUT2D eigenvalue weighted by Gasteiger charge is 2.58. The molecule has 25 nitrogen and oxygen atoms in total. The lowest BCUT2D eigenvalue weighted by atomic mass is 9.72. The lowest BCUT2D eigenvalue weighted by Gasteiger charge is -2.28. The van der Waals surface area contributed by atoms with Gasteiger partial charge in [0.25, 0.3) is 5.91 Å². The lowest BCUT2D eigenvalue weighted by molar-refractivity contribution is -0.155. The number of benzene rings is 1. The molecule has 442 valence electrons. The second kappa shape index (κ2) is 35.2. The van der Waals surface area contributed by atoms with Gasteiger partial charge in [-0.2, -0.15) is 0 Å². The number of nitrogens with two attached hydrogens (primary N) is 1. The van der Waals surface area contributed by atoms with E-state index in [1.165, 1.54) is 11.8 Å². The Balaban J connectivity index is 0.000000631. The Kier molecular flexibility index (Phi) is 30.1. The van der Waals surface area contributed by atoms with E-state index < -0.39 is 79.2 Å².